The molecule has 2 aliphatic rings. The van der Waals surface area contributed by atoms with Crippen molar-refractivity contribution in [2.24, 2.45) is 5.92 Å². The highest BCUT2D eigenvalue weighted by Gasteiger charge is 2.31. The minimum Gasteiger partial charge on any atom is -0.508 e. The van der Waals surface area contributed by atoms with Crippen LogP contribution in [0.2, 0.25) is 0 Å². The number of halogens is 1. The average Bonchev–Trinajstić information content (AvgIpc) is 2.98. The molecule has 12 heteroatoms. The van der Waals surface area contributed by atoms with Crippen molar-refractivity contribution in [3.63, 3.8) is 0 Å². The van der Waals surface area contributed by atoms with Crippen LogP contribution in [0.1, 0.15) is 29.7 Å². The number of aliphatic carboxylic acids is 2. The first-order chi connectivity index (χ1) is 21.0. The third kappa shape index (κ3) is 7.64. The standard InChI is InChI=1S/C28H28FNO4.C4H6O6/c1-18-25-14-23(32)7-10-26(25)34-28(27(18)21-3-2-4-22(31)13-21)20-5-8-24(9-6-20)33-12-11-30-16-19(15-29)17-30;5-1(3(7)8)2(6)4(9)10/h2-10,13-14,19,28,31-32H,11-12,15-17H2,1H3;1-2,5-6H,(H,7,8)(H,9,10)/t28-;1-,2-/m11/s1. The van der Waals surface area contributed by atoms with E-state index in [9.17, 15) is 24.2 Å². The summed E-state index contributed by atoms with van der Waals surface area (Å²) < 4.78 is 24.9. The minimum atomic E-state index is -2.27. The molecule has 0 saturated carbocycles. The van der Waals surface area contributed by atoms with Crippen LogP contribution in [0.25, 0.3) is 11.1 Å². The summed E-state index contributed by atoms with van der Waals surface area (Å²) in [7, 11) is 0. The Morgan fingerprint density at radius 2 is 1.59 bits per heavy atom. The van der Waals surface area contributed by atoms with Gasteiger partial charge in [0.1, 0.15) is 35.7 Å². The number of hydrogen-bond donors (Lipinski definition) is 6. The van der Waals surface area contributed by atoms with E-state index in [0.717, 1.165) is 53.2 Å². The van der Waals surface area contributed by atoms with Crippen molar-refractivity contribution in [1.82, 2.24) is 4.90 Å². The number of phenols is 2. The number of nitrogens with zero attached hydrogens (tertiary/aromatic N) is 1. The van der Waals surface area contributed by atoms with E-state index in [4.69, 9.17) is 29.9 Å². The number of benzene rings is 3. The first-order valence-corrected chi connectivity index (χ1v) is 13.8. The molecular formula is C32H34FNO10. The van der Waals surface area contributed by atoms with E-state index in [-0.39, 0.29) is 30.2 Å². The number of phenolic OH excluding ortho intramolecular Hbond substituents is 2. The molecule has 0 unspecified atom stereocenters. The predicted octanol–water partition coefficient (Wildman–Crippen LogP) is 3.32. The zero-order valence-corrected chi connectivity index (χ0v) is 23.8. The summed E-state index contributed by atoms with van der Waals surface area (Å²) in [6.45, 7) is 4.72. The molecule has 234 valence electrons. The van der Waals surface area contributed by atoms with Crippen LogP contribution in [-0.2, 0) is 9.59 Å². The number of rotatable bonds is 10. The molecule has 5 rings (SSSR count). The first-order valence-electron chi connectivity index (χ1n) is 13.8. The smallest absolute Gasteiger partial charge is 0.335 e. The number of likely N-dealkylation sites (tertiary alicyclic amines) is 1. The summed E-state index contributed by atoms with van der Waals surface area (Å²) in [4.78, 5) is 21.7. The molecule has 1 fully saturated rings. The molecular weight excluding hydrogens is 577 g/mol. The summed E-state index contributed by atoms with van der Waals surface area (Å²) in [6, 6.07) is 20.1. The van der Waals surface area contributed by atoms with E-state index in [0.29, 0.717) is 12.4 Å². The highest BCUT2D eigenvalue weighted by molar-refractivity contribution is 5.96. The van der Waals surface area contributed by atoms with Crippen LogP contribution in [0.15, 0.2) is 66.7 Å². The second-order valence-electron chi connectivity index (χ2n) is 10.5. The van der Waals surface area contributed by atoms with Gasteiger partial charge in [0, 0.05) is 36.7 Å². The van der Waals surface area contributed by atoms with Gasteiger partial charge >= 0.3 is 11.9 Å². The van der Waals surface area contributed by atoms with Gasteiger partial charge in [0.05, 0.1) is 6.67 Å². The Kier molecular flexibility index (Phi) is 10.4. The molecule has 6 N–H and O–H groups in total. The highest BCUT2D eigenvalue weighted by Crippen LogP contribution is 2.47. The van der Waals surface area contributed by atoms with Gasteiger partial charge in [-0.15, -0.1) is 0 Å². The molecule has 2 heterocycles. The number of fused-ring (bicyclic) bond motifs is 1. The zero-order chi connectivity index (χ0) is 32.0. The second-order valence-corrected chi connectivity index (χ2v) is 10.5. The molecule has 44 heavy (non-hydrogen) atoms. The lowest BCUT2D eigenvalue weighted by molar-refractivity contribution is -0.165. The van der Waals surface area contributed by atoms with Gasteiger partial charge in [-0.25, -0.2) is 9.59 Å². The second kappa shape index (κ2) is 14.2. The molecule has 3 aromatic rings. The maximum atomic E-state index is 12.6. The van der Waals surface area contributed by atoms with Crippen molar-refractivity contribution in [3.05, 3.63) is 83.4 Å². The number of aliphatic hydroxyl groups excluding tert-OH is 2. The molecule has 3 atom stereocenters. The van der Waals surface area contributed by atoms with Crippen molar-refractivity contribution in [1.29, 1.82) is 0 Å². The molecule has 0 aromatic heterocycles. The lowest BCUT2D eigenvalue weighted by Gasteiger charge is -2.37. The van der Waals surface area contributed by atoms with E-state index in [1.54, 1.807) is 30.3 Å². The quantitative estimate of drug-likeness (QED) is 0.198. The lowest BCUT2D eigenvalue weighted by atomic mass is 9.86. The molecule has 0 bridgehead atoms. The zero-order valence-electron chi connectivity index (χ0n) is 23.8. The summed E-state index contributed by atoms with van der Waals surface area (Å²) in [5.74, 6) is -1.53. The van der Waals surface area contributed by atoms with Crippen LogP contribution < -0.4 is 9.47 Å². The monoisotopic (exact) mass is 611 g/mol. The Morgan fingerprint density at radius 1 is 0.955 bits per heavy atom. The van der Waals surface area contributed by atoms with Crippen molar-refractivity contribution in [3.8, 4) is 23.0 Å². The third-order valence-electron chi connectivity index (χ3n) is 7.35. The van der Waals surface area contributed by atoms with Gasteiger partial charge in [-0.2, -0.15) is 0 Å². The topological polar surface area (TPSA) is 177 Å². The number of carbonyl (C=O) groups is 2. The van der Waals surface area contributed by atoms with Crippen molar-refractivity contribution >= 4 is 23.1 Å². The number of ether oxygens (including phenoxy) is 2. The molecule has 0 spiro atoms. The fraction of sp³-hybridized carbons (Fsp3) is 0.312. The van der Waals surface area contributed by atoms with Crippen LogP contribution in [0.5, 0.6) is 23.0 Å². The molecule has 0 amide bonds. The molecule has 1 saturated heterocycles. The lowest BCUT2D eigenvalue weighted by Crippen LogP contribution is -2.49. The Labute approximate surface area is 252 Å². The molecule has 2 aliphatic heterocycles. The van der Waals surface area contributed by atoms with E-state index in [2.05, 4.69) is 4.90 Å². The van der Waals surface area contributed by atoms with Crippen LogP contribution in [-0.4, -0.2) is 92.6 Å². The Balaban J connectivity index is 0.000000382. The number of allylic oxidation sites excluding steroid dienone is 1. The summed E-state index contributed by atoms with van der Waals surface area (Å²) >= 11 is 0. The number of carboxylic acids is 2. The van der Waals surface area contributed by atoms with E-state index in [1.807, 2.05) is 43.3 Å². The van der Waals surface area contributed by atoms with Gasteiger partial charge in [-0.3, -0.25) is 9.29 Å². The minimum absolute atomic E-state index is 0.176. The van der Waals surface area contributed by atoms with E-state index >= 15 is 0 Å². The SMILES string of the molecule is CC1=C(c2cccc(O)c2)[C@@H](c2ccc(OCCN3CC(CF)C3)cc2)Oc2ccc(O)cc21.O=C(O)[C@H](O)[C@@H](O)C(=O)O. The number of aromatic hydroxyl groups is 2. The Hall–Kier alpha value is -4.65. The van der Waals surface area contributed by atoms with Gasteiger partial charge in [0.2, 0.25) is 0 Å². The third-order valence-corrected chi connectivity index (χ3v) is 7.35. The van der Waals surface area contributed by atoms with Gasteiger partial charge in [-0.1, -0.05) is 24.3 Å². The Bertz CT molecular complexity index is 1490. The molecule has 11 nitrogen and oxygen atoms in total. The van der Waals surface area contributed by atoms with Crippen molar-refractivity contribution in [2.75, 3.05) is 32.9 Å². The van der Waals surface area contributed by atoms with Crippen molar-refractivity contribution < 1.29 is 54.1 Å². The number of alkyl halides is 1. The Morgan fingerprint density at radius 3 is 2.18 bits per heavy atom. The van der Waals surface area contributed by atoms with Crippen LogP contribution in [0, 0.1) is 5.92 Å². The largest absolute Gasteiger partial charge is 0.508 e. The number of aliphatic hydroxyl groups is 2. The van der Waals surface area contributed by atoms with E-state index in [1.165, 1.54) is 0 Å². The maximum absolute atomic E-state index is 12.6. The van der Waals surface area contributed by atoms with Crippen LogP contribution >= 0.6 is 0 Å². The van der Waals surface area contributed by atoms with Crippen molar-refractivity contribution in [2.45, 2.75) is 25.2 Å². The summed E-state index contributed by atoms with van der Waals surface area (Å²) in [5.41, 5.74) is 4.56. The first kappa shape index (κ1) is 32.3. The number of hydrogen-bond acceptors (Lipinski definition) is 9. The molecule has 0 aliphatic carbocycles. The maximum Gasteiger partial charge on any atom is 0.335 e. The predicted molar refractivity (Wildman–Crippen MR) is 157 cm³/mol. The summed E-state index contributed by atoms with van der Waals surface area (Å²) in [6.07, 6.45) is -4.92. The van der Waals surface area contributed by atoms with Gasteiger partial charge in [0.15, 0.2) is 12.2 Å². The fourth-order valence-corrected chi connectivity index (χ4v) is 4.98. The average molecular weight is 612 g/mol. The summed E-state index contributed by atoms with van der Waals surface area (Å²) in [5, 5.41) is 52.6. The van der Waals surface area contributed by atoms with Gasteiger partial charge in [0.25, 0.3) is 0 Å². The number of carboxylic acid groups (broad SMARTS) is 2. The fourth-order valence-electron chi connectivity index (χ4n) is 4.98. The van der Waals surface area contributed by atoms with Crippen LogP contribution in [0.3, 0.4) is 0 Å². The van der Waals surface area contributed by atoms with Crippen LogP contribution in [0.4, 0.5) is 4.39 Å². The van der Waals surface area contributed by atoms with Gasteiger partial charge in [-0.05, 0) is 66.1 Å². The van der Waals surface area contributed by atoms with Gasteiger partial charge < -0.3 is 40.1 Å². The molecule has 3 aromatic carbocycles. The van der Waals surface area contributed by atoms with E-state index < -0.39 is 24.1 Å². The highest BCUT2D eigenvalue weighted by atomic mass is 19.1. The normalized spacial score (nSPS) is 17.7. The molecule has 0 radical (unpaired) electrons.